The van der Waals surface area contributed by atoms with Gasteiger partial charge in [0.25, 0.3) is 0 Å². The molecule has 0 rings (SSSR count). The molecule has 3 atom stereocenters. The zero-order valence-corrected chi connectivity index (χ0v) is 16.0. The van der Waals surface area contributed by atoms with Gasteiger partial charge in [-0.25, -0.2) is 0 Å². The number of ether oxygens (including phenoxy) is 1. The van der Waals surface area contributed by atoms with Gasteiger partial charge in [0, 0.05) is 14.2 Å². The second-order valence-electron chi connectivity index (χ2n) is 6.62. The van der Waals surface area contributed by atoms with Crippen LogP contribution >= 0.6 is 0 Å². The minimum absolute atomic E-state index is 0.00304. The van der Waals surface area contributed by atoms with Crippen molar-refractivity contribution in [3.8, 4) is 0 Å². The highest BCUT2D eigenvalue weighted by atomic mass is 16.5. The maximum absolute atomic E-state index is 12.5. The van der Waals surface area contributed by atoms with Gasteiger partial charge in [-0.15, -0.1) is 0 Å². The van der Waals surface area contributed by atoms with Gasteiger partial charge in [-0.3, -0.25) is 9.59 Å². The Morgan fingerprint density at radius 3 is 2.17 bits per heavy atom. The van der Waals surface area contributed by atoms with Gasteiger partial charge in [-0.05, 0) is 33.2 Å². The van der Waals surface area contributed by atoms with E-state index in [0.29, 0.717) is 5.92 Å². The van der Waals surface area contributed by atoms with Gasteiger partial charge in [0.1, 0.15) is 0 Å². The predicted molar refractivity (Wildman–Crippen MR) is 93.2 cm³/mol. The fourth-order valence-corrected chi connectivity index (χ4v) is 2.57. The zero-order valence-electron chi connectivity index (χ0n) is 16.0. The van der Waals surface area contributed by atoms with Crippen LogP contribution in [0.5, 0.6) is 0 Å². The van der Waals surface area contributed by atoms with Crippen molar-refractivity contribution in [2.45, 2.75) is 65.1 Å². The first-order valence-electron chi connectivity index (χ1n) is 8.41. The van der Waals surface area contributed by atoms with Crippen LogP contribution in [0.15, 0.2) is 0 Å². The lowest BCUT2D eigenvalue weighted by Crippen LogP contribution is -2.55. The minimum Gasteiger partial charge on any atom is -0.379 e. The van der Waals surface area contributed by atoms with Crippen molar-refractivity contribution in [2.24, 2.45) is 5.92 Å². The first-order chi connectivity index (χ1) is 10.7. The summed E-state index contributed by atoms with van der Waals surface area (Å²) in [6.07, 6.45) is 1.78. The maximum atomic E-state index is 12.5. The van der Waals surface area contributed by atoms with Crippen molar-refractivity contribution in [1.82, 2.24) is 15.5 Å². The van der Waals surface area contributed by atoms with E-state index in [1.807, 2.05) is 0 Å². The Morgan fingerprint density at radius 1 is 1.22 bits per heavy atom. The first-order valence-corrected chi connectivity index (χ1v) is 8.41. The molecule has 0 aliphatic carbocycles. The van der Waals surface area contributed by atoms with Crippen LogP contribution in [0.4, 0.5) is 0 Å². The summed E-state index contributed by atoms with van der Waals surface area (Å²) in [4.78, 5) is 26.3. The Balaban J connectivity index is 4.91. The molecule has 0 aliphatic heterocycles. The molecule has 2 N–H and O–H groups in total. The number of carbonyl (C=O) groups excluding carboxylic acids is 2. The SMILES string of the molecule is CCC(C)C(C(CC)OC)N(C)C(=O)CNC(=O)C(C)(C)NC. The Kier molecular flexibility index (Phi) is 9.39. The van der Waals surface area contributed by atoms with E-state index in [9.17, 15) is 9.59 Å². The second-order valence-corrected chi connectivity index (χ2v) is 6.62. The van der Waals surface area contributed by atoms with Crippen LogP contribution in [0, 0.1) is 5.92 Å². The number of methoxy groups -OCH3 is 1. The van der Waals surface area contributed by atoms with Crippen LogP contribution in [-0.2, 0) is 14.3 Å². The molecule has 2 amide bonds. The minimum atomic E-state index is -0.701. The quantitative estimate of drug-likeness (QED) is 0.635. The van der Waals surface area contributed by atoms with E-state index in [4.69, 9.17) is 4.74 Å². The van der Waals surface area contributed by atoms with Crippen LogP contribution in [0.1, 0.15) is 47.5 Å². The van der Waals surface area contributed by atoms with Gasteiger partial charge in [0.15, 0.2) is 0 Å². The molecule has 6 nitrogen and oxygen atoms in total. The third kappa shape index (κ3) is 6.11. The summed E-state index contributed by atoms with van der Waals surface area (Å²) < 4.78 is 5.56. The smallest absolute Gasteiger partial charge is 0.242 e. The van der Waals surface area contributed by atoms with E-state index in [0.717, 1.165) is 12.8 Å². The van der Waals surface area contributed by atoms with Crippen molar-refractivity contribution < 1.29 is 14.3 Å². The average Bonchev–Trinajstić information content (AvgIpc) is 2.55. The highest BCUT2D eigenvalue weighted by Crippen LogP contribution is 2.21. The lowest BCUT2D eigenvalue weighted by molar-refractivity contribution is -0.138. The summed E-state index contributed by atoms with van der Waals surface area (Å²) in [7, 11) is 5.19. The number of hydrogen-bond donors (Lipinski definition) is 2. The summed E-state index contributed by atoms with van der Waals surface area (Å²) in [5.74, 6) is 0.0185. The maximum Gasteiger partial charge on any atom is 0.242 e. The number of hydrogen-bond acceptors (Lipinski definition) is 4. The Hall–Kier alpha value is -1.14. The van der Waals surface area contributed by atoms with E-state index in [2.05, 4.69) is 31.4 Å². The molecule has 0 saturated carbocycles. The van der Waals surface area contributed by atoms with Crippen LogP contribution in [0.2, 0.25) is 0 Å². The molecule has 0 spiro atoms. The number of carbonyl (C=O) groups is 2. The fraction of sp³-hybridized carbons (Fsp3) is 0.882. The van der Waals surface area contributed by atoms with Crippen molar-refractivity contribution >= 4 is 11.8 Å². The van der Waals surface area contributed by atoms with Crippen molar-refractivity contribution in [2.75, 3.05) is 27.7 Å². The van der Waals surface area contributed by atoms with Crippen LogP contribution < -0.4 is 10.6 Å². The number of likely N-dealkylation sites (N-methyl/N-ethyl adjacent to an activating group) is 2. The highest BCUT2D eigenvalue weighted by molar-refractivity contribution is 5.89. The second kappa shape index (κ2) is 9.88. The first kappa shape index (κ1) is 21.9. The third-order valence-corrected chi connectivity index (χ3v) is 4.75. The monoisotopic (exact) mass is 329 g/mol. The molecule has 6 heteroatoms. The molecular formula is C17H35N3O3. The number of amides is 2. The van der Waals surface area contributed by atoms with E-state index < -0.39 is 5.54 Å². The van der Waals surface area contributed by atoms with Gasteiger partial charge in [-0.1, -0.05) is 27.2 Å². The lowest BCUT2D eigenvalue weighted by Gasteiger charge is -2.37. The van der Waals surface area contributed by atoms with Crippen LogP contribution in [0.25, 0.3) is 0 Å². The number of rotatable bonds is 10. The molecular weight excluding hydrogens is 294 g/mol. The molecule has 0 aromatic rings. The van der Waals surface area contributed by atoms with E-state index in [1.54, 1.807) is 40.0 Å². The average molecular weight is 329 g/mol. The molecule has 0 bridgehead atoms. The predicted octanol–water partition coefficient (Wildman–Crippen LogP) is 1.40. The van der Waals surface area contributed by atoms with Crippen LogP contribution in [-0.4, -0.2) is 62.1 Å². The Morgan fingerprint density at radius 2 is 1.78 bits per heavy atom. The third-order valence-electron chi connectivity index (χ3n) is 4.75. The fourth-order valence-electron chi connectivity index (χ4n) is 2.57. The van der Waals surface area contributed by atoms with E-state index in [1.165, 1.54) is 0 Å². The molecule has 23 heavy (non-hydrogen) atoms. The van der Waals surface area contributed by atoms with Crippen LogP contribution in [0.3, 0.4) is 0 Å². The molecule has 0 radical (unpaired) electrons. The molecule has 3 unspecified atom stereocenters. The molecule has 0 heterocycles. The largest absolute Gasteiger partial charge is 0.379 e. The summed E-state index contributed by atoms with van der Waals surface area (Å²) in [6.45, 7) is 9.83. The highest BCUT2D eigenvalue weighted by Gasteiger charge is 2.32. The van der Waals surface area contributed by atoms with Crippen molar-refractivity contribution in [3.63, 3.8) is 0 Å². The van der Waals surface area contributed by atoms with Gasteiger partial charge in [-0.2, -0.15) is 0 Å². The van der Waals surface area contributed by atoms with Gasteiger partial charge in [0.2, 0.25) is 11.8 Å². The Labute approximate surface area is 141 Å². The van der Waals surface area contributed by atoms with Crippen molar-refractivity contribution in [1.29, 1.82) is 0 Å². The van der Waals surface area contributed by atoms with Gasteiger partial charge in [0.05, 0.1) is 24.2 Å². The summed E-state index contributed by atoms with van der Waals surface area (Å²) in [5.41, 5.74) is -0.701. The van der Waals surface area contributed by atoms with Gasteiger partial charge < -0.3 is 20.3 Å². The van der Waals surface area contributed by atoms with Crippen molar-refractivity contribution in [3.05, 3.63) is 0 Å². The Bertz CT molecular complexity index is 381. The topological polar surface area (TPSA) is 70.7 Å². The summed E-state index contributed by atoms with van der Waals surface area (Å²) in [6, 6.07) is -0.00304. The molecule has 0 aromatic carbocycles. The lowest BCUT2D eigenvalue weighted by atomic mass is 9.91. The van der Waals surface area contributed by atoms with Gasteiger partial charge >= 0.3 is 0 Å². The number of nitrogens with zero attached hydrogens (tertiary/aromatic N) is 1. The number of nitrogens with one attached hydrogen (secondary N) is 2. The van der Waals surface area contributed by atoms with E-state index in [-0.39, 0.29) is 30.5 Å². The molecule has 0 aromatic heterocycles. The molecule has 136 valence electrons. The molecule has 0 fully saturated rings. The molecule has 0 saturated heterocycles. The summed E-state index contributed by atoms with van der Waals surface area (Å²) in [5, 5.41) is 5.63. The standard InChI is InChI=1S/C17H35N3O3/c1-9-12(3)15(13(10-2)23-8)20(7)14(21)11-19-16(22)17(4,5)18-6/h12-13,15,18H,9-11H2,1-8H3,(H,19,22). The molecule has 0 aliphatic rings. The van der Waals surface area contributed by atoms with E-state index >= 15 is 0 Å². The summed E-state index contributed by atoms with van der Waals surface area (Å²) >= 11 is 0. The zero-order chi connectivity index (χ0) is 18.2. The normalized spacial score (nSPS) is 15.7.